The molecule has 4 aromatic rings. The topological polar surface area (TPSA) is 80.1 Å². The standard InChI is InChI=1S/C16H10N4O2/c21-14-13(10-6-2-1-3-7-10)19-20-15(22)11-8-4-5-9-12(11)17-16(20)18-14/h1-9H,(H,17,18,21). The number of rotatable bonds is 1. The van der Waals surface area contributed by atoms with Crippen LogP contribution in [0.3, 0.4) is 0 Å². The van der Waals surface area contributed by atoms with Crippen LogP contribution in [0.2, 0.25) is 0 Å². The van der Waals surface area contributed by atoms with E-state index in [4.69, 9.17) is 0 Å². The van der Waals surface area contributed by atoms with Crippen molar-refractivity contribution < 1.29 is 0 Å². The van der Waals surface area contributed by atoms with Gasteiger partial charge < -0.3 is 0 Å². The van der Waals surface area contributed by atoms with Crippen molar-refractivity contribution >= 4 is 16.7 Å². The largest absolute Gasteiger partial charge is 0.289 e. The number of benzene rings is 2. The summed E-state index contributed by atoms with van der Waals surface area (Å²) in [6.45, 7) is 0. The molecule has 0 radical (unpaired) electrons. The highest BCUT2D eigenvalue weighted by molar-refractivity contribution is 5.78. The molecule has 0 amide bonds. The lowest BCUT2D eigenvalue weighted by Crippen LogP contribution is -2.25. The van der Waals surface area contributed by atoms with Crippen LogP contribution in [0.1, 0.15) is 0 Å². The smallest absolute Gasteiger partial charge is 0.283 e. The normalized spacial score (nSPS) is 11.1. The number of aromatic amines is 1. The molecule has 0 bridgehead atoms. The van der Waals surface area contributed by atoms with Crippen molar-refractivity contribution in [3.05, 3.63) is 75.3 Å². The monoisotopic (exact) mass is 290 g/mol. The fourth-order valence-electron chi connectivity index (χ4n) is 2.39. The number of para-hydroxylation sites is 1. The van der Waals surface area contributed by atoms with Gasteiger partial charge in [-0.05, 0) is 12.1 Å². The van der Waals surface area contributed by atoms with Crippen molar-refractivity contribution in [3.63, 3.8) is 0 Å². The lowest BCUT2D eigenvalue weighted by Gasteiger charge is -2.04. The van der Waals surface area contributed by atoms with E-state index in [1.807, 2.05) is 18.2 Å². The maximum absolute atomic E-state index is 12.5. The molecule has 0 aliphatic carbocycles. The van der Waals surface area contributed by atoms with Crippen molar-refractivity contribution in [1.82, 2.24) is 19.6 Å². The maximum atomic E-state index is 12.5. The summed E-state index contributed by atoms with van der Waals surface area (Å²) < 4.78 is 1.13. The molecule has 1 N–H and O–H groups in total. The molecule has 0 saturated carbocycles. The highest BCUT2D eigenvalue weighted by atomic mass is 16.1. The summed E-state index contributed by atoms with van der Waals surface area (Å²) in [6, 6.07) is 16.0. The minimum absolute atomic E-state index is 0.133. The van der Waals surface area contributed by atoms with Crippen LogP contribution in [-0.4, -0.2) is 19.6 Å². The molecule has 22 heavy (non-hydrogen) atoms. The minimum Gasteiger partial charge on any atom is -0.289 e. The zero-order valence-electron chi connectivity index (χ0n) is 11.4. The zero-order valence-corrected chi connectivity index (χ0v) is 11.4. The third-order valence-corrected chi connectivity index (χ3v) is 3.44. The molecule has 2 aromatic heterocycles. The number of aromatic nitrogens is 4. The van der Waals surface area contributed by atoms with E-state index in [1.165, 1.54) is 0 Å². The van der Waals surface area contributed by atoms with Gasteiger partial charge in [-0.15, -0.1) is 0 Å². The molecule has 6 nitrogen and oxygen atoms in total. The number of hydrogen-bond acceptors (Lipinski definition) is 4. The Morgan fingerprint density at radius 2 is 1.64 bits per heavy atom. The van der Waals surface area contributed by atoms with E-state index >= 15 is 0 Å². The van der Waals surface area contributed by atoms with Crippen molar-refractivity contribution in [2.45, 2.75) is 0 Å². The van der Waals surface area contributed by atoms with E-state index in [-0.39, 0.29) is 22.6 Å². The van der Waals surface area contributed by atoms with Gasteiger partial charge in [0.15, 0.2) is 5.69 Å². The van der Waals surface area contributed by atoms with Gasteiger partial charge in [-0.2, -0.15) is 9.61 Å². The molecule has 6 heteroatoms. The maximum Gasteiger partial charge on any atom is 0.283 e. The summed E-state index contributed by atoms with van der Waals surface area (Å²) in [5.74, 6) is 0.133. The quantitative estimate of drug-likeness (QED) is 0.540. The Balaban J connectivity index is 2.13. The molecular weight excluding hydrogens is 280 g/mol. The van der Waals surface area contributed by atoms with Crippen LogP contribution in [0.25, 0.3) is 27.9 Å². The van der Waals surface area contributed by atoms with Gasteiger partial charge in [0.1, 0.15) is 0 Å². The second kappa shape index (κ2) is 4.63. The van der Waals surface area contributed by atoms with Crippen LogP contribution >= 0.6 is 0 Å². The Labute approximate surface area is 123 Å². The second-order valence-electron chi connectivity index (χ2n) is 4.84. The van der Waals surface area contributed by atoms with Gasteiger partial charge in [-0.25, -0.2) is 4.98 Å². The van der Waals surface area contributed by atoms with Crippen LogP contribution in [0, 0.1) is 0 Å². The highest BCUT2D eigenvalue weighted by Crippen LogP contribution is 2.12. The molecule has 0 fully saturated rings. The average molecular weight is 290 g/mol. The number of nitrogens with one attached hydrogen (secondary N) is 1. The van der Waals surface area contributed by atoms with E-state index in [9.17, 15) is 9.59 Å². The first kappa shape index (κ1) is 12.5. The van der Waals surface area contributed by atoms with Crippen LogP contribution in [0.15, 0.2) is 64.2 Å². The predicted molar refractivity (Wildman–Crippen MR) is 82.8 cm³/mol. The minimum atomic E-state index is -0.381. The molecule has 0 aliphatic rings. The van der Waals surface area contributed by atoms with Gasteiger partial charge in [0.05, 0.1) is 10.9 Å². The summed E-state index contributed by atoms with van der Waals surface area (Å²) in [6.07, 6.45) is 0. The highest BCUT2D eigenvalue weighted by Gasteiger charge is 2.11. The van der Waals surface area contributed by atoms with Gasteiger partial charge in [-0.1, -0.05) is 42.5 Å². The van der Waals surface area contributed by atoms with Crippen LogP contribution < -0.4 is 11.1 Å². The van der Waals surface area contributed by atoms with Crippen LogP contribution in [0.5, 0.6) is 0 Å². The fourth-order valence-corrected chi connectivity index (χ4v) is 2.39. The molecule has 2 heterocycles. The Bertz CT molecular complexity index is 1110. The van der Waals surface area contributed by atoms with E-state index < -0.39 is 0 Å². The first-order valence-corrected chi connectivity index (χ1v) is 6.71. The molecule has 106 valence electrons. The Hall–Kier alpha value is -3.28. The summed E-state index contributed by atoms with van der Waals surface area (Å²) in [4.78, 5) is 31.6. The molecule has 0 unspecified atom stereocenters. The average Bonchev–Trinajstić information content (AvgIpc) is 2.55. The summed E-state index contributed by atoms with van der Waals surface area (Å²) >= 11 is 0. The van der Waals surface area contributed by atoms with Crippen LogP contribution in [0.4, 0.5) is 0 Å². The SMILES string of the molecule is O=c1[nH]c2nc3ccccc3c(=O)n2nc1-c1ccccc1. The molecule has 0 spiro atoms. The number of fused-ring (bicyclic) bond motifs is 2. The van der Waals surface area contributed by atoms with E-state index in [0.717, 1.165) is 4.52 Å². The molecular formula is C16H10N4O2. The molecule has 4 rings (SSSR count). The number of nitrogens with zero attached hydrogens (tertiary/aromatic N) is 3. The summed E-state index contributed by atoms with van der Waals surface area (Å²) in [7, 11) is 0. The zero-order chi connectivity index (χ0) is 15.1. The lowest BCUT2D eigenvalue weighted by atomic mass is 10.2. The van der Waals surface area contributed by atoms with E-state index in [1.54, 1.807) is 36.4 Å². The van der Waals surface area contributed by atoms with Crippen molar-refractivity contribution in [2.24, 2.45) is 0 Å². The molecule has 0 saturated heterocycles. The van der Waals surface area contributed by atoms with Gasteiger partial charge in [0.25, 0.3) is 11.1 Å². The van der Waals surface area contributed by atoms with E-state index in [0.29, 0.717) is 16.5 Å². The Kier molecular flexibility index (Phi) is 2.62. The number of H-pyrrole nitrogens is 1. The van der Waals surface area contributed by atoms with Crippen molar-refractivity contribution in [3.8, 4) is 11.3 Å². The molecule has 0 atom stereocenters. The summed E-state index contributed by atoms with van der Waals surface area (Å²) in [5, 5.41) is 4.65. The second-order valence-corrected chi connectivity index (χ2v) is 4.84. The third kappa shape index (κ3) is 1.81. The van der Waals surface area contributed by atoms with Gasteiger partial charge in [-0.3, -0.25) is 14.6 Å². The third-order valence-electron chi connectivity index (χ3n) is 3.44. The Morgan fingerprint density at radius 3 is 2.45 bits per heavy atom. The van der Waals surface area contributed by atoms with Gasteiger partial charge in [0.2, 0.25) is 5.78 Å². The predicted octanol–water partition coefficient (Wildman–Crippen LogP) is 1.60. The fraction of sp³-hybridized carbons (Fsp3) is 0. The first-order chi connectivity index (χ1) is 10.7. The van der Waals surface area contributed by atoms with Crippen LogP contribution in [-0.2, 0) is 0 Å². The first-order valence-electron chi connectivity index (χ1n) is 6.71. The van der Waals surface area contributed by atoms with E-state index in [2.05, 4.69) is 15.1 Å². The lowest BCUT2D eigenvalue weighted by molar-refractivity contribution is 0.845. The van der Waals surface area contributed by atoms with Gasteiger partial charge >= 0.3 is 0 Å². The van der Waals surface area contributed by atoms with Crippen molar-refractivity contribution in [1.29, 1.82) is 0 Å². The summed E-state index contributed by atoms with van der Waals surface area (Å²) in [5.41, 5.74) is 0.665. The number of hydrogen-bond donors (Lipinski definition) is 1. The molecule has 2 aromatic carbocycles. The molecule has 0 aliphatic heterocycles. The van der Waals surface area contributed by atoms with Crippen molar-refractivity contribution in [2.75, 3.05) is 0 Å². The Morgan fingerprint density at radius 1 is 0.909 bits per heavy atom. The van der Waals surface area contributed by atoms with Gasteiger partial charge in [0, 0.05) is 5.56 Å².